The minimum Gasteiger partial charge on any atom is -0.508 e. The highest BCUT2D eigenvalue weighted by Crippen LogP contribution is 2.27. The predicted molar refractivity (Wildman–Crippen MR) is 56.2 cm³/mol. The van der Waals surface area contributed by atoms with Gasteiger partial charge in [-0.05, 0) is 12.1 Å². The highest BCUT2D eigenvalue weighted by Gasteiger charge is 2.09. The van der Waals surface area contributed by atoms with Crippen LogP contribution in [0.25, 0.3) is 10.6 Å². The van der Waals surface area contributed by atoms with Gasteiger partial charge < -0.3 is 10.2 Å². The summed E-state index contributed by atoms with van der Waals surface area (Å²) in [6.07, 6.45) is 1.31. The Balaban J connectivity index is 2.41. The van der Waals surface area contributed by atoms with Crippen LogP contribution in [0, 0.1) is 0 Å². The lowest BCUT2D eigenvalue weighted by Gasteiger charge is -1.95. The Morgan fingerprint density at radius 2 is 2.20 bits per heavy atom. The fourth-order valence-corrected chi connectivity index (χ4v) is 1.90. The van der Waals surface area contributed by atoms with Crippen LogP contribution in [0.3, 0.4) is 0 Å². The fourth-order valence-electron chi connectivity index (χ4n) is 1.15. The number of nitrogens with zero attached hydrogens (tertiary/aromatic N) is 1. The van der Waals surface area contributed by atoms with Gasteiger partial charge in [0.2, 0.25) is 0 Å². The fraction of sp³-hybridized carbons (Fsp3) is 0. The molecule has 1 aromatic heterocycles. The summed E-state index contributed by atoms with van der Waals surface area (Å²) in [6, 6.07) is 6.55. The maximum atomic E-state index is 10.6. The lowest BCUT2D eigenvalue weighted by Crippen LogP contribution is -1.89. The third-order valence-electron chi connectivity index (χ3n) is 1.81. The number of carbonyl (C=O) groups is 1. The molecule has 0 aliphatic carbocycles. The van der Waals surface area contributed by atoms with Gasteiger partial charge in [0.15, 0.2) is 0 Å². The average molecular weight is 221 g/mol. The molecule has 15 heavy (non-hydrogen) atoms. The van der Waals surface area contributed by atoms with Crippen molar-refractivity contribution < 1.29 is 15.0 Å². The molecule has 2 rings (SSSR count). The van der Waals surface area contributed by atoms with Crippen LogP contribution in [-0.2, 0) is 0 Å². The predicted octanol–water partition coefficient (Wildman–Crippen LogP) is 2.21. The zero-order valence-corrected chi connectivity index (χ0v) is 8.36. The van der Waals surface area contributed by atoms with Crippen molar-refractivity contribution in [3.63, 3.8) is 0 Å². The van der Waals surface area contributed by atoms with Crippen LogP contribution in [0.15, 0.2) is 30.5 Å². The number of carboxylic acid groups (broad SMARTS) is 1. The van der Waals surface area contributed by atoms with Gasteiger partial charge in [-0.3, -0.25) is 0 Å². The van der Waals surface area contributed by atoms with Crippen molar-refractivity contribution in [3.05, 3.63) is 35.3 Å². The van der Waals surface area contributed by atoms with Crippen LogP contribution in [0.5, 0.6) is 5.75 Å². The van der Waals surface area contributed by atoms with Gasteiger partial charge in [0, 0.05) is 5.56 Å². The third-order valence-corrected chi connectivity index (χ3v) is 2.84. The maximum Gasteiger partial charge on any atom is 0.347 e. The quantitative estimate of drug-likeness (QED) is 0.815. The summed E-state index contributed by atoms with van der Waals surface area (Å²) in [7, 11) is 0. The van der Waals surface area contributed by atoms with Gasteiger partial charge in [0.25, 0.3) is 0 Å². The first-order chi connectivity index (χ1) is 7.16. The molecule has 2 aromatic rings. The van der Waals surface area contributed by atoms with E-state index in [1.54, 1.807) is 24.3 Å². The molecule has 0 aliphatic heterocycles. The number of carboxylic acids is 1. The third kappa shape index (κ3) is 1.97. The number of hydrogen-bond acceptors (Lipinski definition) is 4. The van der Waals surface area contributed by atoms with Crippen molar-refractivity contribution in [2.24, 2.45) is 0 Å². The largest absolute Gasteiger partial charge is 0.508 e. The van der Waals surface area contributed by atoms with E-state index in [0.29, 0.717) is 10.6 Å². The first kappa shape index (κ1) is 9.67. The average Bonchev–Trinajstić information content (AvgIpc) is 2.66. The molecular formula is C10H7NO3S. The van der Waals surface area contributed by atoms with Gasteiger partial charge in [0.1, 0.15) is 15.6 Å². The second kappa shape index (κ2) is 3.70. The summed E-state index contributed by atoms with van der Waals surface area (Å²) >= 11 is 1.08. The Labute approximate surface area is 89.5 Å². The van der Waals surface area contributed by atoms with E-state index in [0.717, 1.165) is 11.3 Å². The number of aromatic nitrogens is 1. The monoisotopic (exact) mass is 221 g/mol. The molecule has 0 saturated heterocycles. The first-order valence-corrected chi connectivity index (χ1v) is 4.97. The van der Waals surface area contributed by atoms with Crippen LogP contribution in [0.1, 0.15) is 9.67 Å². The number of phenols is 1. The second-order valence-electron chi connectivity index (χ2n) is 2.89. The normalized spacial score (nSPS) is 10.1. The molecule has 0 amide bonds. The molecule has 0 saturated carbocycles. The van der Waals surface area contributed by atoms with E-state index in [2.05, 4.69) is 4.98 Å². The van der Waals surface area contributed by atoms with E-state index in [1.807, 2.05) is 0 Å². The van der Waals surface area contributed by atoms with E-state index < -0.39 is 5.97 Å². The van der Waals surface area contributed by atoms with Crippen molar-refractivity contribution in [2.75, 3.05) is 0 Å². The Hall–Kier alpha value is -1.88. The van der Waals surface area contributed by atoms with Crippen molar-refractivity contribution in [2.45, 2.75) is 0 Å². The summed E-state index contributed by atoms with van der Waals surface area (Å²) in [5, 5.41) is 18.6. The van der Waals surface area contributed by atoms with Crippen LogP contribution in [0.4, 0.5) is 0 Å². The molecule has 4 nitrogen and oxygen atoms in total. The molecule has 0 unspecified atom stereocenters. The smallest absolute Gasteiger partial charge is 0.347 e. The lowest BCUT2D eigenvalue weighted by molar-refractivity contribution is 0.0702. The summed E-state index contributed by atoms with van der Waals surface area (Å²) in [4.78, 5) is 14.8. The molecule has 1 heterocycles. The van der Waals surface area contributed by atoms with E-state index in [9.17, 15) is 9.90 Å². The Morgan fingerprint density at radius 1 is 1.40 bits per heavy atom. The Bertz CT molecular complexity index is 507. The molecule has 0 aliphatic rings. The van der Waals surface area contributed by atoms with Crippen molar-refractivity contribution in [1.82, 2.24) is 4.98 Å². The SMILES string of the molecule is O=C(O)c1cnc(-c2cccc(O)c2)s1. The van der Waals surface area contributed by atoms with Gasteiger partial charge >= 0.3 is 5.97 Å². The minimum absolute atomic E-state index is 0.138. The number of thiazole rings is 1. The summed E-state index contributed by atoms with van der Waals surface area (Å²) in [5.74, 6) is -0.849. The van der Waals surface area contributed by atoms with Gasteiger partial charge in [-0.2, -0.15) is 0 Å². The maximum absolute atomic E-state index is 10.6. The highest BCUT2D eigenvalue weighted by atomic mass is 32.1. The van der Waals surface area contributed by atoms with E-state index in [1.165, 1.54) is 6.20 Å². The molecule has 0 spiro atoms. The molecule has 5 heteroatoms. The molecule has 0 bridgehead atoms. The topological polar surface area (TPSA) is 70.4 Å². The van der Waals surface area contributed by atoms with E-state index >= 15 is 0 Å². The number of rotatable bonds is 2. The van der Waals surface area contributed by atoms with Gasteiger partial charge in [-0.1, -0.05) is 12.1 Å². The molecular weight excluding hydrogens is 214 g/mol. The highest BCUT2D eigenvalue weighted by molar-refractivity contribution is 7.16. The molecule has 0 atom stereocenters. The lowest BCUT2D eigenvalue weighted by atomic mass is 10.2. The number of aromatic hydroxyl groups is 1. The molecule has 1 aromatic carbocycles. The molecule has 0 radical (unpaired) electrons. The van der Waals surface area contributed by atoms with Gasteiger partial charge in [-0.15, -0.1) is 11.3 Å². The number of benzene rings is 1. The number of phenolic OH excluding ortho intramolecular Hbond substituents is 1. The Morgan fingerprint density at radius 3 is 2.80 bits per heavy atom. The van der Waals surface area contributed by atoms with E-state index in [4.69, 9.17) is 5.11 Å². The summed E-state index contributed by atoms with van der Waals surface area (Å²) in [5.41, 5.74) is 0.715. The van der Waals surface area contributed by atoms with Gasteiger partial charge in [-0.25, -0.2) is 9.78 Å². The molecule has 2 N–H and O–H groups in total. The van der Waals surface area contributed by atoms with Crippen LogP contribution >= 0.6 is 11.3 Å². The van der Waals surface area contributed by atoms with Crippen molar-refractivity contribution >= 4 is 17.3 Å². The van der Waals surface area contributed by atoms with E-state index in [-0.39, 0.29) is 10.6 Å². The van der Waals surface area contributed by atoms with Crippen molar-refractivity contribution in [3.8, 4) is 16.3 Å². The first-order valence-electron chi connectivity index (χ1n) is 4.15. The van der Waals surface area contributed by atoms with Crippen LogP contribution in [0.2, 0.25) is 0 Å². The zero-order valence-electron chi connectivity index (χ0n) is 7.54. The summed E-state index contributed by atoms with van der Waals surface area (Å²) < 4.78 is 0. The molecule has 76 valence electrons. The number of aromatic carboxylic acids is 1. The molecule has 0 fully saturated rings. The standard InChI is InChI=1S/C10H7NO3S/c12-7-3-1-2-6(4-7)9-11-5-8(15-9)10(13)14/h1-5,12H,(H,13,14). The zero-order chi connectivity index (χ0) is 10.8. The second-order valence-corrected chi connectivity index (χ2v) is 3.92. The summed E-state index contributed by atoms with van der Waals surface area (Å²) in [6.45, 7) is 0. The van der Waals surface area contributed by atoms with Crippen LogP contribution in [-0.4, -0.2) is 21.2 Å². The van der Waals surface area contributed by atoms with Gasteiger partial charge in [0.05, 0.1) is 6.20 Å². The minimum atomic E-state index is -0.987. The Kier molecular flexibility index (Phi) is 2.39. The number of hydrogen-bond donors (Lipinski definition) is 2. The van der Waals surface area contributed by atoms with Crippen LogP contribution < -0.4 is 0 Å². The van der Waals surface area contributed by atoms with Crippen molar-refractivity contribution in [1.29, 1.82) is 0 Å².